The molecule has 0 spiro atoms. The van der Waals surface area contributed by atoms with Gasteiger partial charge in [-0.15, -0.1) is 0 Å². The lowest BCUT2D eigenvalue weighted by atomic mass is 9.95. The molecule has 76 heavy (non-hydrogen) atoms. The minimum absolute atomic E-state index is 0.599. The van der Waals surface area contributed by atoms with E-state index < -0.39 is 0 Å². The fourth-order valence-electron chi connectivity index (χ4n) is 9.17. The fourth-order valence-corrected chi connectivity index (χ4v) is 9.35. The summed E-state index contributed by atoms with van der Waals surface area (Å²) in [5.74, 6) is 1.64. The van der Waals surface area contributed by atoms with Gasteiger partial charge >= 0.3 is 0 Å². The molecule has 0 saturated carbocycles. The van der Waals surface area contributed by atoms with Gasteiger partial charge in [-0.3, -0.25) is 0 Å². The maximum Gasteiger partial charge on any atom is 0.161 e. The molecule has 0 saturated heterocycles. The Morgan fingerprint density at radius 3 is 1.17 bits per heavy atom. The lowest BCUT2D eigenvalue weighted by molar-refractivity contribution is 0.171. The second kappa shape index (κ2) is 26.0. The predicted octanol–water partition coefficient (Wildman–Crippen LogP) is 20.5. The minimum Gasteiger partial charge on any atom is -0.486 e. The molecule has 0 atom stereocenters. The van der Waals surface area contributed by atoms with Gasteiger partial charge in [0.2, 0.25) is 0 Å². The van der Waals surface area contributed by atoms with Gasteiger partial charge in [-0.2, -0.15) is 0 Å². The molecule has 1 heterocycles. The number of ether oxygens (including phenoxy) is 2. The molecule has 0 aliphatic carbocycles. The first-order valence-corrected chi connectivity index (χ1v) is 26.1. The molecular formula is C73H65ClO2. The molecule has 9 aromatic rings. The Morgan fingerprint density at radius 1 is 0.342 bits per heavy atom. The first-order chi connectivity index (χ1) is 37.0. The van der Waals surface area contributed by atoms with Crippen LogP contribution in [-0.2, 0) is 0 Å². The highest BCUT2D eigenvalue weighted by Crippen LogP contribution is 2.37. The standard InChI is InChI=1S/C26H24O2.C24H22.C23H19Cl/c1-4-20-9-8-18(2)22(16-20)11-10-21-6-5-7-24(19(21)3)23-12-13-25-26(17-23)28-15-14-27-25;1-4-20-14-13-18(2)23(17-20)16-15-21-11-8-12-24(19(21)3)22-9-6-5-7-10-22;1-3-18-12-15-23(24)21(16-18)14-13-19-10-7-11-22(17(19)2)20-8-5-4-6-9-20/h4-13,16-17H,1,14-15H2,2-3H3;4-17H,1H2,2-3H3;3-16H,1H2,2H3/b11-10+;16-15+;14-13+. The molecule has 0 radical (unpaired) electrons. The number of hydrogen-bond donors (Lipinski definition) is 0. The molecule has 0 bridgehead atoms. The van der Waals surface area contributed by atoms with Gasteiger partial charge < -0.3 is 9.47 Å². The van der Waals surface area contributed by atoms with E-state index in [1.807, 2.05) is 48.6 Å². The van der Waals surface area contributed by atoms with E-state index in [4.69, 9.17) is 21.1 Å². The zero-order valence-corrected chi connectivity index (χ0v) is 45.1. The van der Waals surface area contributed by atoms with Crippen molar-refractivity contribution in [3.05, 3.63) is 291 Å². The average molecular weight is 1010 g/mol. The van der Waals surface area contributed by atoms with Crippen LogP contribution in [0.3, 0.4) is 0 Å². The number of benzene rings is 9. The highest BCUT2D eigenvalue weighted by Gasteiger charge is 2.14. The molecule has 2 nitrogen and oxygen atoms in total. The van der Waals surface area contributed by atoms with E-state index in [0.29, 0.717) is 13.2 Å². The molecule has 1 aliphatic heterocycles. The van der Waals surface area contributed by atoms with Gasteiger partial charge in [-0.25, -0.2) is 0 Å². The number of halogens is 1. The SMILES string of the molecule is C=Cc1ccc(C)c(/C=C/c2cccc(-c3ccc4c(c3)OCCO4)c2C)c1.C=Cc1ccc(C)c(/C=C/c2cccc(-c3ccccc3)c2C)c1.C=Cc1ccc(Cl)c(/C=C/c2cccc(-c3ccccc3)c2C)c1. The van der Waals surface area contributed by atoms with Crippen molar-refractivity contribution >= 4 is 66.3 Å². The van der Waals surface area contributed by atoms with Crippen LogP contribution >= 0.6 is 11.6 Å². The van der Waals surface area contributed by atoms with Crippen molar-refractivity contribution < 1.29 is 9.47 Å². The van der Waals surface area contributed by atoms with Crippen molar-refractivity contribution in [3.8, 4) is 44.9 Å². The second-order valence-electron chi connectivity index (χ2n) is 18.8. The number of fused-ring (bicyclic) bond motifs is 1. The zero-order valence-electron chi connectivity index (χ0n) is 44.3. The lowest BCUT2D eigenvalue weighted by Gasteiger charge is -2.19. The number of rotatable bonds is 12. The van der Waals surface area contributed by atoms with E-state index in [9.17, 15) is 0 Å². The molecule has 1 aliphatic rings. The van der Waals surface area contributed by atoms with E-state index in [-0.39, 0.29) is 0 Å². The summed E-state index contributed by atoms with van der Waals surface area (Å²) in [7, 11) is 0. The first-order valence-electron chi connectivity index (χ1n) is 25.8. The van der Waals surface area contributed by atoms with Crippen molar-refractivity contribution in [1.29, 1.82) is 0 Å². The zero-order chi connectivity index (χ0) is 53.4. The van der Waals surface area contributed by atoms with E-state index in [0.717, 1.165) is 44.3 Å². The third-order valence-corrected chi connectivity index (χ3v) is 14.2. The van der Waals surface area contributed by atoms with Crippen LogP contribution in [0.5, 0.6) is 11.5 Å². The Hall–Kier alpha value is -8.69. The smallest absolute Gasteiger partial charge is 0.161 e. The first kappa shape index (κ1) is 53.6. The van der Waals surface area contributed by atoms with Crippen LogP contribution in [0.25, 0.3) is 88.1 Å². The van der Waals surface area contributed by atoms with E-state index in [2.05, 4.69) is 249 Å². The summed E-state index contributed by atoms with van der Waals surface area (Å²) in [6.07, 6.45) is 18.5. The summed E-state index contributed by atoms with van der Waals surface area (Å²) >= 11 is 6.30. The van der Waals surface area contributed by atoms with Crippen molar-refractivity contribution in [2.45, 2.75) is 34.6 Å². The van der Waals surface area contributed by atoms with Crippen LogP contribution < -0.4 is 9.47 Å². The average Bonchev–Trinajstić information content (AvgIpc) is 3.46. The third-order valence-electron chi connectivity index (χ3n) is 13.8. The van der Waals surface area contributed by atoms with Crippen LogP contribution in [-0.4, -0.2) is 13.2 Å². The largest absolute Gasteiger partial charge is 0.486 e. The topological polar surface area (TPSA) is 18.5 Å². The van der Waals surface area contributed by atoms with Gasteiger partial charge in [0.1, 0.15) is 13.2 Å². The van der Waals surface area contributed by atoms with Crippen molar-refractivity contribution in [2.75, 3.05) is 13.2 Å². The Labute approximate surface area is 456 Å². The summed E-state index contributed by atoms with van der Waals surface area (Å²) in [5.41, 5.74) is 24.1. The Morgan fingerprint density at radius 2 is 0.724 bits per heavy atom. The molecule has 9 aromatic carbocycles. The Bertz CT molecular complexity index is 3440. The van der Waals surface area contributed by atoms with Crippen LogP contribution in [0, 0.1) is 34.6 Å². The predicted molar refractivity (Wildman–Crippen MR) is 332 cm³/mol. The van der Waals surface area contributed by atoms with Crippen molar-refractivity contribution in [1.82, 2.24) is 0 Å². The number of hydrogen-bond acceptors (Lipinski definition) is 2. The molecule has 376 valence electrons. The fraction of sp³-hybridized carbons (Fsp3) is 0.0959. The summed E-state index contributed by atoms with van der Waals surface area (Å²) in [6.45, 7) is 23.5. The van der Waals surface area contributed by atoms with E-state index >= 15 is 0 Å². The van der Waals surface area contributed by atoms with Gasteiger partial charge in [0, 0.05) is 5.02 Å². The molecule has 3 heteroatoms. The summed E-state index contributed by atoms with van der Waals surface area (Å²) in [6, 6.07) is 65.2. The molecule has 0 unspecified atom stereocenters. The molecule has 0 amide bonds. The molecule has 10 rings (SSSR count). The normalized spacial score (nSPS) is 11.7. The van der Waals surface area contributed by atoms with Crippen molar-refractivity contribution in [3.63, 3.8) is 0 Å². The van der Waals surface area contributed by atoms with Gasteiger partial charge in [0.05, 0.1) is 0 Å². The monoisotopic (exact) mass is 1010 g/mol. The quantitative estimate of drug-likeness (QED) is 0.114. The Balaban J connectivity index is 0.000000152. The minimum atomic E-state index is 0.599. The summed E-state index contributed by atoms with van der Waals surface area (Å²) in [5, 5.41) is 0.744. The van der Waals surface area contributed by atoms with Gasteiger partial charge in [0.15, 0.2) is 11.5 Å². The van der Waals surface area contributed by atoms with Gasteiger partial charge in [-0.05, 0) is 182 Å². The summed E-state index contributed by atoms with van der Waals surface area (Å²) in [4.78, 5) is 0. The maximum atomic E-state index is 6.30. The Kier molecular flexibility index (Phi) is 18.3. The second-order valence-corrected chi connectivity index (χ2v) is 19.2. The number of aryl methyl sites for hydroxylation is 2. The maximum absolute atomic E-state index is 6.30. The van der Waals surface area contributed by atoms with Crippen LogP contribution in [0.1, 0.15) is 77.9 Å². The highest BCUT2D eigenvalue weighted by molar-refractivity contribution is 6.32. The van der Waals surface area contributed by atoms with Crippen LogP contribution in [0.2, 0.25) is 5.02 Å². The molecule has 0 fully saturated rings. The molecular weight excluding hydrogens is 944 g/mol. The van der Waals surface area contributed by atoms with Crippen LogP contribution in [0.4, 0.5) is 0 Å². The van der Waals surface area contributed by atoms with Gasteiger partial charge in [-0.1, -0.05) is 238 Å². The highest BCUT2D eigenvalue weighted by atomic mass is 35.5. The van der Waals surface area contributed by atoms with E-state index in [1.54, 1.807) is 0 Å². The van der Waals surface area contributed by atoms with Crippen molar-refractivity contribution in [2.24, 2.45) is 0 Å². The molecule has 0 aromatic heterocycles. The molecule has 0 N–H and O–H groups in total. The summed E-state index contributed by atoms with van der Waals surface area (Å²) < 4.78 is 11.4. The van der Waals surface area contributed by atoms with Crippen LogP contribution in [0.15, 0.2) is 208 Å². The lowest BCUT2D eigenvalue weighted by Crippen LogP contribution is -2.15. The van der Waals surface area contributed by atoms with Gasteiger partial charge in [0.25, 0.3) is 0 Å². The van der Waals surface area contributed by atoms with E-state index in [1.165, 1.54) is 83.5 Å². The third kappa shape index (κ3) is 13.5.